The molecule has 0 saturated heterocycles. The van der Waals surface area contributed by atoms with E-state index in [1.165, 1.54) is 10.4 Å². The highest BCUT2D eigenvalue weighted by Gasteiger charge is 2.24. The first-order chi connectivity index (χ1) is 15.8. The van der Waals surface area contributed by atoms with Gasteiger partial charge >= 0.3 is 0 Å². The molecule has 2 aromatic heterocycles. The van der Waals surface area contributed by atoms with Crippen molar-refractivity contribution in [3.8, 4) is 17.8 Å². The summed E-state index contributed by atoms with van der Waals surface area (Å²) in [6, 6.07) is 11.6. The summed E-state index contributed by atoms with van der Waals surface area (Å²) in [5.41, 5.74) is 6.18. The molecular formula is C26H23ClN4OS. The number of thiophene rings is 1. The molecule has 1 N–H and O–H groups in total. The highest BCUT2D eigenvalue weighted by molar-refractivity contribution is 7.13. The Balaban J connectivity index is 1.73. The molecule has 0 atom stereocenters. The molecule has 0 saturated carbocycles. The maximum absolute atomic E-state index is 12.8. The SMILES string of the molecule is Cc1c(Cl)cccc1NC(=O)/C(C#N)=C\c1cc(C)n(-c2c(C#N)sc3c2CCCC3)c1C. The van der Waals surface area contributed by atoms with Crippen LogP contribution in [0.5, 0.6) is 0 Å². The van der Waals surface area contributed by atoms with Gasteiger partial charge in [0.2, 0.25) is 0 Å². The number of carbonyl (C=O) groups excluding carboxylic acids is 1. The zero-order valence-electron chi connectivity index (χ0n) is 18.8. The number of rotatable bonds is 4. The van der Waals surface area contributed by atoms with Gasteiger partial charge in [0.15, 0.2) is 0 Å². The Kier molecular flexibility index (Phi) is 6.42. The van der Waals surface area contributed by atoms with Gasteiger partial charge in [0, 0.05) is 27.0 Å². The minimum absolute atomic E-state index is 0.00230. The van der Waals surface area contributed by atoms with Gasteiger partial charge in [-0.2, -0.15) is 10.5 Å². The van der Waals surface area contributed by atoms with E-state index in [1.54, 1.807) is 35.6 Å². The van der Waals surface area contributed by atoms with E-state index in [0.29, 0.717) is 15.6 Å². The molecule has 0 unspecified atom stereocenters. The Morgan fingerprint density at radius 1 is 1.21 bits per heavy atom. The predicted octanol–water partition coefficient (Wildman–Crippen LogP) is 6.41. The van der Waals surface area contributed by atoms with E-state index in [-0.39, 0.29) is 5.57 Å². The summed E-state index contributed by atoms with van der Waals surface area (Å²) in [4.78, 5) is 14.9. The molecule has 0 radical (unpaired) electrons. The molecule has 0 aliphatic heterocycles. The number of nitriles is 2. The lowest BCUT2D eigenvalue weighted by atomic mass is 9.97. The van der Waals surface area contributed by atoms with Gasteiger partial charge in [-0.05, 0) is 87.4 Å². The molecule has 2 heterocycles. The minimum atomic E-state index is -0.488. The van der Waals surface area contributed by atoms with Crippen molar-refractivity contribution < 1.29 is 4.79 Å². The van der Waals surface area contributed by atoms with Gasteiger partial charge in [-0.15, -0.1) is 11.3 Å². The molecule has 1 amide bonds. The maximum atomic E-state index is 12.8. The quantitative estimate of drug-likeness (QED) is 0.350. The third-order valence-electron chi connectivity index (χ3n) is 6.12. The molecule has 3 aromatic rings. The molecule has 4 rings (SSSR count). The smallest absolute Gasteiger partial charge is 0.266 e. The van der Waals surface area contributed by atoms with Crippen LogP contribution in [0.2, 0.25) is 5.02 Å². The number of aryl methyl sites for hydroxylation is 2. The number of aromatic nitrogens is 1. The van der Waals surface area contributed by atoms with E-state index in [9.17, 15) is 15.3 Å². The molecule has 1 aliphatic carbocycles. The van der Waals surface area contributed by atoms with Crippen molar-refractivity contribution in [1.29, 1.82) is 10.5 Å². The van der Waals surface area contributed by atoms with Gasteiger partial charge in [0.25, 0.3) is 5.91 Å². The van der Waals surface area contributed by atoms with E-state index in [1.807, 2.05) is 32.9 Å². The number of nitrogens with zero attached hydrogens (tertiary/aromatic N) is 3. The fourth-order valence-electron chi connectivity index (χ4n) is 4.38. The van der Waals surface area contributed by atoms with Gasteiger partial charge in [-0.25, -0.2) is 0 Å². The van der Waals surface area contributed by atoms with E-state index in [2.05, 4.69) is 16.0 Å². The van der Waals surface area contributed by atoms with Gasteiger partial charge < -0.3 is 9.88 Å². The number of amides is 1. The molecule has 1 aromatic carbocycles. The van der Waals surface area contributed by atoms with Crippen molar-refractivity contribution in [2.24, 2.45) is 0 Å². The van der Waals surface area contributed by atoms with Gasteiger partial charge in [0.05, 0.1) is 5.69 Å². The van der Waals surface area contributed by atoms with Crippen molar-refractivity contribution in [2.75, 3.05) is 5.32 Å². The predicted molar refractivity (Wildman–Crippen MR) is 133 cm³/mol. The third kappa shape index (κ3) is 4.20. The van der Waals surface area contributed by atoms with Crippen LogP contribution in [-0.2, 0) is 17.6 Å². The Bertz CT molecular complexity index is 1380. The molecule has 7 heteroatoms. The Labute approximate surface area is 202 Å². The van der Waals surface area contributed by atoms with Crippen LogP contribution >= 0.6 is 22.9 Å². The first kappa shape index (κ1) is 22.9. The molecule has 33 heavy (non-hydrogen) atoms. The van der Waals surface area contributed by atoms with E-state index in [0.717, 1.165) is 53.9 Å². The van der Waals surface area contributed by atoms with Crippen molar-refractivity contribution in [3.05, 3.63) is 72.7 Å². The monoisotopic (exact) mass is 474 g/mol. The molecule has 0 bridgehead atoms. The summed E-state index contributed by atoms with van der Waals surface area (Å²) in [5.74, 6) is -0.488. The van der Waals surface area contributed by atoms with E-state index >= 15 is 0 Å². The third-order valence-corrected chi connectivity index (χ3v) is 7.71. The maximum Gasteiger partial charge on any atom is 0.266 e. The van der Waals surface area contributed by atoms with Crippen LogP contribution in [-0.4, -0.2) is 10.5 Å². The standard InChI is InChI=1S/C26H23ClN4OS/c1-15-11-18(12-19(13-28)26(32)30-22-9-6-8-21(27)16(22)2)17(3)31(15)25-20-7-4-5-10-23(20)33-24(25)14-29/h6,8-9,11-12H,4-5,7,10H2,1-3H3,(H,30,32)/b19-12-. The van der Waals surface area contributed by atoms with Crippen molar-refractivity contribution >= 4 is 40.6 Å². The summed E-state index contributed by atoms with van der Waals surface area (Å²) < 4.78 is 2.10. The minimum Gasteiger partial charge on any atom is -0.321 e. The topological polar surface area (TPSA) is 81.6 Å². The van der Waals surface area contributed by atoms with Crippen LogP contribution in [0.1, 0.15) is 50.7 Å². The first-order valence-corrected chi connectivity index (χ1v) is 12.0. The summed E-state index contributed by atoms with van der Waals surface area (Å²) in [6.07, 6.45) is 5.87. The Morgan fingerprint density at radius 2 is 1.97 bits per heavy atom. The summed E-state index contributed by atoms with van der Waals surface area (Å²) >= 11 is 7.74. The highest BCUT2D eigenvalue weighted by Crippen LogP contribution is 2.38. The number of hydrogen-bond donors (Lipinski definition) is 1. The van der Waals surface area contributed by atoms with Gasteiger partial charge in [-0.3, -0.25) is 4.79 Å². The van der Waals surface area contributed by atoms with E-state index in [4.69, 9.17) is 11.6 Å². The molecular weight excluding hydrogens is 452 g/mol. The Hall–Kier alpha value is -3.32. The number of anilines is 1. The van der Waals surface area contributed by atoms with Crippen molar-refractivity contribution in [3.63, 3.8) is 0 Å². The molecule has 5 nitrogen and oxygen atoms in total. The normalized spacial score (nSPS) is 13.2. The van der Waals surface area contributed by atoms with Crippen LogP contribution in [0.25, 0.3) is 11.8 Å². The molecule has 1 aliphatic rings. The summed E-state index contributed by atoms with van der Waals surface area (Å²) in [5, 5.41) is 22.8. The lowest BCUT2D eigenvalue weighted by molar-refractivity contribution is -0.112. The van der Waals surface area contributed by atoms with Crippen molar-refractivity contribution in [1.82, 2.24) is 4.57 Å². The lowest BCUT2D eigenvalue weighted by Gasteiger charge is -2.16. The van der Waals surface area contributed by atoms with Crippen LogP contribution in [0.3, 0.4) is 0 Å². The summed E-state index contributed by atoms with van der Waals surface area (Å²) in [6.45, 7) is 5.76. The average molecular weight is 475 g/mol. The zero-order chi connectivity index (χ0) is 23.7. The largest absolute Gasteiger partial charge is 0.321 e. The second kappa shape index (κ2) is 9.27. The van der Waals surface area contributed by atoms with E-state index < -0.39 is 5.91 Å². The lowest BCUT2D eigenvalue weighted by Crippen LogP contribution is -2.14. The average Bonchev–Trinajstić information content (AvgIpc) is 3.30. The number of halogens is 1. The Morgan fingerprint density at radius 3 is 2.70 bits per heavy atom. The van der Waals surface area contributed by atoms with Gasteiger partial charge in [-0.1, -0.05) is 17.7 Å². The second-order valence-electron chi connectivity index (χ2n) is 8.20. The highest BCUT2D eigenvalue weighted by atomic mass is 35.5. The van der Waals surface area contributed by atoms with Crippen molar-refractivity contribution in [2.45, 2.75) is 46.5 Å². The number of nitrogens with one attached hydrogen (secondary N) is 1. The number of fused-ring (bicyclic) bond motifs is 1. The van der Waals surface area contributed by atoms with Gasteiger partial charge in [0.1, 0.15) is 22.6 Å². The second-order valence-corrected chi connectivity index (χ2v) is 9.71. The first-order valence-electron chi connectivity index (χ1n) is 10.8. The fourth-order valence-corrected chi connectivity index (χ4v) is 5.72. The molecule has 0 fully saturated rings. The van der Waals surface area contributed by atoms with Crippen LogP contribution < -0.4 is 5.32 Å². The molecule has 0 spiro atoms. The summed E-state index contributed by atoms with van der Waals surface area (Å²) in [7, 11) is 0. The number of carbonyl (C=O) groups is 1. The van der Waals surface area contributed by atoms with Crippen LogP contribution in [0.15, 0.2) is 29.8 Å². The van der Waals surface area contributed by atoms with Crippen LogP contribution in [0, 0.1) is 43.4 Å². The molecule has 166 valence electrons. The number of benzene rings is 1. The van der Waals surface area contributed by atoms with Crippen LogP contribution in [0.4, 0.5) is 5.69 Å². The zero-order valence-corrected chi connectivity index (χ0v) is 20.3. The fraction of sp³-hybridized carbons (Fsp3) is 0.269. The number of hydrogen-bond acceptors (Lipinski definition) is 4.